The quantitative estimate of drug-likeness (QED) is 0.835. The van der Waals surface area contributed by atoms with E-state index >= 15 is 0 Å². The number of benzene rings is 1. The fourth-order valence-corrected chi connectivity index (χ4v) is 1.56. The van der Waals surface area contributed by atoms with Gasteiger partial charge in [0.1, 0.15) is 0 Å². The van der Waals surface area contributed by atoms with Gasteiger partial charge >= 0.3 is 0 Å². The highest BCUT2D eigenvalue weighted by atomic mass is 79.9. The summed E-state index contributed by atoms with van der Waals surface area (Å²) in [6.07, 6.45) is 0. The van der Waals surface area contributed by atoms with Gasteiger partial charge in [-0.25, -0.2) is 4.39 Å². The maximum atomic E-state index is 13.3. The van der Waals surface area contributed by atoms with E-state index in [4.69, 9.17) is 10.5 Å². The molecule has 78 valence electrons. The first-order valence-corrected chi connectivity index (χ1v) is 4.75. The fourth-order valence-electron chi connectivity index (χ4n) is 1.14. The molecule has 0 saturated carbocycles. The van der Waals surface area contributed by atoms with E-state index in [0.717, 1.165) is 0 Å². The molecule has 0 spiro atoms. The van der Waals surface area contributed by atoms with Crippen LogP contribution in [0.3, 0.4) is 0 Å². The molecule has 0 aliphatic rings. The molecule has 1 rings (SSSR count). The van der Waals surface area contributed by atoms with Gasteiger partial charge in [0, 0.05) is 11.6 Å². The van der Waals surface area contributed by atoms with Gasteiger partial charge in [-0.3, -0.25) is 0 Å². The van der Waals surface area contributed by atoms with Gasteiger partial charge in [0.2, 0.25) is 5.82 Å². The third-order valence-electron chi connectivity index (χ3n) is 1.84. The summed E-state index contributed by atoms with van der Waals surface area (Å²) >= 11 is 2.90. The minimum atomic E-state index is -1.02. The number of ether oxygens (including phenoxy) is 1. The van der Waals surface area contributed by atoms with Gasteiger partial charge in [0.15, 0.2) is 11.6 Å². The Labute approximate surface area is 89.2 Å². The second-order valence-electron chi connectivity index (χ2n) is 2.90. The summed E-state index contributed by atoms with van der Waals surface area (Å²) in [6.45, 7) is 1.67. The van der Waals surface area contributed by atoms with Crippen molar-refractivity contribution in [1.29, 1.82) is 0 Å². The summed E-state index contributed by atoms with van der Waals surface area (Å²) in [6, 6.07) is 0.999. The number of hydrogen-bond acceptors (Lipinski definition) is 2. The lowest BCUT2D eigenvalue weighted by atomic mass is 10.1. The molecule has 14 heavy (non-hydrogen) atoms. The zero-order chi connectivity index (χ0) is 10.9. The molecule has 0 aliphatic carbocycles. The van der Waals surface area contributed by atoms with E-state index < -0.39 is 17.7 Å². The third-order valence-corrected chi connectivity index (χ3v) is 2.42. The number of hydrogen-bond donors (Lipinski definition) is 1. The van der Waals surface area contributed by atoms with Crippen LogP contribution in [0, 0.1) is 11.6 Å². The number of nitrogens with two attached hydrogens (primary N) is 1. The highest BCUT2D eigenvalue weighted by molar-refractivity contribution is 9.10. The Morgan fingerprint density at radius 2 is 2.00 bits per heavy atom. The molecule has 0 radical (unpaired) electrons. The van der Waals surface area contributed by atoms with E-state index in [9.17, 15) is 8.78 Å². The van der Waals surface area contributed by atoms with Crippen molar-refractivity contribution in [3.8, 4) is 5.75 Å². The molecule has 1 atom stereocenters. The first-order chi connectivity index (χ1) is 6.49. The zero-order valence-electron chi connectivity index (χ0n) is 7.77. The molecule has 0 amide bonds. The highest BCUT2D eigenvalue weighted by Gasteiger charge is 2.19. The van der Waals surface area contributed by atoms with Crippen LogP contribution in [0.15, 0.2) is 10.5 Å². The molecule has 5 heteroatoms. The van der Waals surface area contributed by atoms with Crippen molar-refractivity contribution in [2.24, 2.45) is 5.73 Å². The molecule has 0 aliphatic heterocycles. The van der Waals surface area contributed by atoms with Crippen molar-refractivity contribution in [1.82, 2.24) is 0 Å². The first-order valence-electron chi connectivity index (χ1n) is 3.96. The number of halogens is 3. The monoisotopic (exact) mass is 265 g/mol. The van der Waals surface area contributed by atoms with E-state index in [2.05, 4.69) is 15.9 Å². The third kappa shape index (κ3) is 1.88. The van der Waals surface area contributed by atoms with Crippen LogP contribution in [0.1, 0.15) is 18.5 Å². The van der Waals surface area contributed by atoms with Crippen LogP contribution >= 0.6 is 15.9 Å². The van der Waals surface area contributed by atoms with Crippen molar-refractivity contribution in [2.45, 2.75) is 13.0 Å². The molecule has 0 bridgehead atoms. The predicted molar refractivity (Wildman–Crippen MR) is 53.2 cm³/mol. The van der Waals surface area contributed by atoms with Crippen molar-refractivity contribution < 1.29 is 13.5 Å². The Morgan fingerprint density at radius 3 is 2.43 bits per heavy atom. The molecule has 2 N–H and O–H groups in total. The molecule has 2 nitrogen and oxygen atoms in total. The Bertz CT molecular complexity index is 355. The van der Waals surface area contributed by atoms with Crippen LogP contribution < -0.4 is 10.5 Å². The summed E-state index contributed by atoms with van der Waals surface area (Å²) in [5.41, 5.74) is 6.02. The van der Waals surface area contributed by atoms with Crippen molar-refractivity contribution in [2.75, 3.05) is 7.11 Å². The Hall–Kier alpha value is -0.680. The van der Waals surface area contributed by atoms with Gasteiger partial charge in [-0.15, -0.1) is 0 Å². The van der Waals surface area contributed by atoms with Crippen LogP contribution in [0.5, 0.6) is 5.75 Å². The molecule has 0 aromatic heterocycles. The molecule has 0 fully saturated rings. The van der Waals surface area contributed by atoms with E-state index in [-0.39, 0.29) is 10.2 Å². The summed E-state index contributed by atoms with van der Waals surface area (Å²) < 4.78 is 31.2. The normalized spacial score (nSPS) is 12.7. The SMILES string of the molecule is COc1c(C(C)N)cc(Br)c(F)c1F. The summed E-state index contributed by atoms with van der Waals surface area (Å²) in [5.74, 6) is -2.12. The second-order valence-corrected chi connectivity index (χ2v) is 3.75. The summed E-state index contributed by atoms with van der Waals surface area (Å²) in [5, 5.41) is 0. The zero-order valence-corrected chi connectivity index (χ0v) is 9.36. The average molecular weight is 266 g/mol. The maximum Gasteiger partial charge on any atom is 0.202 e. The van der Waals surface area contributed by atoms with Crippen LogP contribution in [0.2, 0.25) is 0 Å². The molecule has 1 unspecified atom stereocenters. The lowest BCUT2D eigenvalue weighted by Gasteiger charge is -2.13. The Kier molecular flexibility index (Phi) is 3.44. The van der Waals surface area contributed by atoms with Crippen molar-refractivity contribution in [3.05, 3.63) is 27.7 Å². The number of methoxy groups -OCH3 is 1. The predicted octanol–water partition coefficient (Wildman–Crippen LogP) is 2.76. The smallest absolute Gasteiger partial charge is 0.202 e. The second kappa shape index (κ2) is 4.23. The van der Waals surface area contributed by atoms with Crippen molar-refractivity contribution in [3.63, 3.8) is 0 Å². The first kappa shape index (κ1) is 11.4. The lowest BCUT2D eigenvalue weighted by Crippen LogP contribution is -2.09. The van der Waals surface area contributed by atoms with Crippen LogP contribution in [-0.4, -0.2) is 7.11 Å². The van der Waals surface area contributed by atoms with Crippen LogP contribution in [-0.2, 0) is 0 Å². The van der Waals surface area contributed by atoms with Crippen LogP contribution in [0.4, 0.5) is 8.78 Å². The van der Waals surface area contributed by atoms with Gasteiger partial charge in [-0.1, -0.05) is 0 Å². The summed E-state index contributed by atoms with van der Waals surface area (Å²) in [7, 11) is 1.28. The highest BCUT2D eigenvalue weighted by Crippen LogP contribution is 2.33. The molecular weight excluding hydrogens is 256 g/mol. The van der Waals surface area contributed by atoms with Gasteiger partial charge in [-0.2, -0.15) is 4.39 Å². The Balaban J connectivity index is 3.43. The fraction of sp³-hybridized carbons (Fsp3) is 0.333. The minimum absolute atomic E-state index is 0.0445. The molecule has 1 aromatic carbocycles. The van der Waals surface area contributed by atoms with Crippen LogP contribution in [0.25, 0.3) is 0 Å². The van der Waals surface area contributed by atoms with Gasteiger partial charge in [0.25, 0.3) is 0 Å². The summed E-state index contributed by atoms with van der Waals surface area (Å²) in [4.78, 5) is 0. The van der Waals surface area contributed by atoms with Gasteiger partial charge in [-0.05, 0) is 28.9 Å². The molecule has 0 heterocycles. The van der Waals surface area contributed by atoms with E-state index in [1.165, 1.54) is 13.2 Å². The van der Waals surface area contributed by atoms with Crippen molar-refractivity contribution >= 4 is 15.9 Å². The number of rotatable bonds is 2. The van der Waals surface area contributed by atoms with Gasteiger partial charge in [0.05, 0.1) is 11.6 Å². The topological polar surface area (TPSA) is 35.2 Å². The van der Waals surface area contributed by atoms with E-state index in [1.807, 2.05) is 0 Å². The molecular formula is C9H10BrF2NO. The Morgan fingerprint density at radius 1 is 1.43 bits per heavy atom. The van der Waals surface area contributed by atoms with E-state index in [0.29, 0.717) is 5.56 Å². The molecule has 1 aromatic rings. The minimum Gasteiger partial charge on any atom is -0.493 e. The standard InChI is InChI=1S/C9H10BrF2NO/c1-4(13)5-3-6(10)7(11)8(12)9(5)14-2/h3-4H,13H2,1-2H3. The van der Waals surface area contributed by atoms with E-state index in [1.54, 1.807) is 6.92 Å². The molecule has 0 saturated heterocycles. The van der Waals surface area contributed by atoms with Gasteiger partial charge < -0.3 is 10.5 Å². The lowest BCUT2D eigenvalue weighted by molar-refractivity contribution is 0.363. The largest absolute Gasteiger partial charge is 0.493 e. The average Bonchev–Trinajstić information content (AvgIpc) is 2.13. The maximum absolute atomic E-state index is 13.3.